The first kappa shape index (κ1) is 18.0. The van der Waals surface area contributed by atoms with Gasteiger partial charge in [-0.25, -0.2) is 9.97 Å². The molecule has 144 valence electrons. The fraction of sp³-hybridized carbons (Fsp3) is 0.400. The first-order valence-corrected chi connectivity index (χ1v) is 9.38. The van der Waals surface area contributed by atoms with Crippen molar-refractivity contribution in [3.63, 3.8) is 0 Å². The molecular weight excluding hydrogens is 354 g/mol. The summed E-state index contributed by atoms with van der Waals surface area (Å²) < 4.78 is 7.35. The number of nitrogens with zero attached hydrogens (tertiary/aromatic N) is 5. The number of aryl methyl sites for hydroxylation is 1. The third-order valence-electron chi connectivity index (χ3n) is 5.38. The van der Waals surface area contributed by atoms with Crippen LogP contribution in [0.1, 0.15) is 43.0 Å². The standard InChI is InChI=1S/C20H23N7O/c1-27-17-7-6-14(22)9-16(17)25-18(27)12-4-3-5-15(8-12)24-20-23-11-13(10-21)19(26-20)28-2/h6-7,9,11-12,15H,3-5,8,22H2,1-2H3,(H,23,24,26)/t12-,15+/m0/s1. The van der Waals surface area contributed by atoms with Crippen molar-refractivity contribution in [3.05, 3.63) is 35.8 Å². The Kier molecular flexibility index (Phi) is 4.74. The van der Waals surface area contributed by atoms with E-state index in [2.05, 4.69) is 26.9 Å². The van der Waals surface area contributed by atoms with Gasteiger partial charge in [0.25, 0.3) is 0 Å². The van der Waals surface area contributed by atoms with Gasteiger partial charge < -0.3 is 20.4 Å². The smallest absolute Gasteiger partial charge is 0.236 e. The van der Waals surface area contributed by atoms with Gasteiger partial charge in [0.05, 0.1) is 24.3 Å². The fourth-order valence-electron chi connectivity index (χ4n) is 4.01. The molecule has 28 heavy (non-hydrogen) atoms. The monoisotopic (exact) mass is 377 g/mol. The van der Waals surface area contributed by atoms with Crippen LogP contribution in [0.15, 0.2) is 24.4 Å². The first-order valence-electron chi connectivity index (χ1n) is 9.38. The zero-order chi connectivity index (χ0) is 19.7. The second-order valence-electron chi connectivity index (χ2n) is 7.21. The summed E-state index contributed by atoms with van der Waals surface area (Å²) in [4.78, 5) is 13.4. The average Bonchev–Trinajstić information content (AvgIpc) is 3.03. The van der Waals surface area contributed by atoms with E-state index in [-0.39, 0.29) is 6.04 Å². The molecule has 0 amide bonds. The van der Waals surface area contributed by atoms with Crippen molar-refractivity contribution in [3.8, 4) is 11.9 Å². The number of fused-ring (bicyclic) bond motifs is 1. The Morgan fingerprint density at radius 3 is 2.96 bits per heavy atom. The largest absolute Gasteiger partial charge is 0.480 e. The van der Waals surface area contributed by atoms with E-state index in [1.54, 1.807) is 0 Å². The Morgan fingerprint density at radius 1 is 1.32 bits per heavy atom. The van der Waals surface area contributed by atoms with Crippen LogP contribution in [-0.4, -0.2) is 32.7 Å². The van der Waals surface area contributed by atoms with Crippen LogP contribution in [-0.2, 0) is 7.05 Å². The van der Waals surface area contributed by atoms with E-state index in [1.807, 2.05) is 24.3 Å². The molecule has 1 aliphatic carbocycles. The molecule has 1 aliphatic rings. The summed E-state index contributed by atoms with van der Waals surface area (Å²) in [6.07, 6.45) is 5.67. The van der Waals surface area contributed by atoms with E-state index in [0.29, 0.717) is 23.3 Å². The number of nitrogen functional groups attached to an aromatic ring is 1. The number of nitrogens with one attached hydrogen (secondary N) is 1. The molecule has 0 aliphatic heterocycles. The van der Waals surface area contributed by atoms with Crippen LogP contribution in [0.25, 0.3) is 11.0 Å². The highest BCUT2D eigenvalue weighted by atomic mass is 16.5. The highest BCUT2D eigenvalue weighted by Gasteiger charge is 2.27. The van der Waals surface area contributed by atoms with Crippen molar-refractivity contribution in [2.24, 2.45) is 7.05 Å². The lowest BCUT2D eigenvalue weighted by Gasteiger charge is -2.29. The van der Waals surface area contributed by atoms with E-state index in [1.165, 1.54) is 13.3 Å². The number of benzene rings is 1. The molecule has 2 atom stereocenters. The van der Waals surface area contributed by atoms with Gasteiger partial charge in [0.1, 0.15) is 17.5 Å². The SMILES string of the molecule is COc1nc(N[C@@H]2CCC[C@H](c3nc4cc(N)ccc4n3C)C2)ncc1C#N. The molecule has 3 aromatic rings. The summed E-state index contributed by atoms with van der Waals surface area (Å²) in [5.41, 5.74) is 9.00. The number of ether oxygens (including phenoxy) is 1. The Morgan fingerprint density at radius 2 is 2.18 bits per heavy atom. The molecule has 3 N–H and O–H groups in total. The topological polar surface area (TPSA) is 115 Å². The number of imidazole rings is 1. The molecule has 1 saturated carbocycles. The second kappa shape index (κ2) is 7.35. The third-order valence-corrected chi connectivity index (χ3v) is 5.38. The summed E-state index contributed by atoms with van der Waals surface area (Å²) in [5.74, 6) is 2.22. The van der Waals surface area contributed by atoms with E-state index < -0.39 is 0 Å². The second-order valence-corrected chi connectivity index (χ2v) is 7.21. The molecule has 2 heterocycles. The minimum atomic E-state index is 0.237. The summed E-state index contributed by atoms with van der Waals surface area (Å²) in [6.45, 7) is 0. The molecule has 0 spiro atoms. The number of nitriles is 1. The van der Waals surface area contributed by atoms with Gasteiger partial charge in [-0.1, -0.05) is 6.42 Å². The zero-order valence-corrected chi connectivity index (χ0v) is 16.0. The lowest BCUT2D eigenvalue weighted by atomic mass is 9.85. The van der Waals surface area contributed by atoms with Crippen LogP contribution in [0.2, 0.25) is 0 Å². The third kappa shape index (κ3) is 3.31. The van der Waals surface area contributed by atoms with Crippen LogP contribution < -0.4 is 15.8 Å². The number of anilines is 2. The van der Waals surface area contributed by atoms with E-state index in [0.717, 1.165) is 48.2 Å². The summed E-state index contributed by atoms with van der Waals surface area (Å²) in [7, 11) is 3.56. The fourth-order valence-corrected chi connectivity index (χ4v) is 4.01. The number of methoxy groups -OCH3 is 1. The number of hydrogen-bond acceptors (Lipinski definition) is 7. The van der Waals surface area contributed by atoms with E-state index in [9.17, 15) is 0 Å². The van der Waals surface area contributed by atoms with Crippen molar-refractivity contribution in [1.29, 1.82) is 5.26 Å². The highest BCUT2D eigenvalue weighted by molar-refractivity contribution is 5.79. The normalized spacial score (nSPS) is 19.3. The van der Waals surface area contributed by atoms with Crippen LogP contribution in [0.5, 0.6) is 5.88 Å². The molecule has 2 aromatic heterocycles. The summed E-state index contributed by atoms with van der Waals surface area (Å²) >= 11 is 0. The van der Waals surface area contributed by atoms with E-state index in [4.69, 9.17) is 20.7 Å². The molecule has 0 saturated heterocycles. The summed E-state index contributed by atoms with van der Waals surface area (Å²) in [6, 6.07) is 8.13. The van der Waals surface area contributed by atoms with Gasteiger partial charge in [0, 0.05) is 24.7 Å². The highest BCUT2D eigenvalue weighted by Crippen LogP contribution is 2.35. The number of hydrogen-bond donors (Lipinski definition) is 2. The van der Waals surface area contributed by atoms with Gasteiger partial charge in [-0.05, 0) is 37.5 Å². The lowest BCUT2D eigenvalue weighted by Crippen LogP contribution is -2.28. The van der Waals surface area contributed by atoms with Gasteiger partial charge in [-0.15, -0.1) is 0 Å². The Balaban J connectivity index is 1.54. The molecule has 4 rings (SSSR count). The number of aromatic nitrogens is 4. The molecule has 8 heteroatoms. The maximum atomic E-state index is 9.08. The van der Waals surface area contributed by atoms with Gasteiger partial charge in [0.2, 0.25) is 11.8 Å². The van der Waals surface area contributed by atoms with Crippen LogP contribution in [0, 0.1) is 11.3 Å². The van der Waals surface area contributed by atoms with Crippen molar-refractivity contribution >= 4 is 22.7 Å². The minimum Gasteiger partial charge on any atom is -0.480 e. The van der Waals surface area contributed by atoms with Crippen molar-refractivity contribution in [1.82, 2.24) is 19.5 Å². The Bertz CT molecular complexity index is 1050. The van der Waals surface area contributed by atoms with E-state index >= 15 is 0 Å². The number of nitrogens with two attached hydrogens (primary N) is 1. The average molecular weight is 377 g/mol. The summed E-state index contributed by atoms with van der Waals surface area (Å²) in [5, 5.41) is 12.5. The minimum absolute atomic E-state index is 0.237. The Hall–Kier alpha value is -3.34. The van der Waals surface area contributed by atoms with Gasteiger partial charge in [-0.3, -0.25) is 0 Å². The first-order chi connectivity index (χ1) is 13.6. The molecule has 0 radical (unpaired) electrons. The van der Waals surface area contributed by atoms with Gasteiger partial charge >= 0.3 is 0 Å². The predicted molar refractivity (Wildman–Crippen MR) is 107 cm³/mol. The quantitative estimate of drug-likeness (QED) is 0.672. The van der Waals surface area contributed by atoms with Crippen LogP contribution in [0.4, 0.5) is 11.6 Å². The molecule has 1 fully saturated rings. The molecule has 8 nitrogen and oxygen atoms in total. The van der Waals surface area contributed by atoms with Crippen molar-refractivity contribution in [2.75, 3.05) is 18.2 Å². The maximum absolute atomic E-state index is 9.08. The van der Waals surface area contributed by atoms with Crippen LogP contribution >= 0.6 is 0 Å². The molecular formula is C20H23N7O. The zero-order valence-electron chi connectivity index (χ0n) is 16.0. The molecule has 1 aromatic carbocycles. The maximum Gasteiger partial charge on any atom is 0.236 e. The van der Waals surface area contributed by atoms with Crippen molar-refractivity contribution < 1.29 is 4.74 Å². The van der Waals surface area contributed by atoms with Crippen LogP contribution in [0.3, 0.4) is 0 Å². The molecule has 0 bridgehead atoms. The molecule has 0 unspecified atom stereocenters. The number of rotatable bonds is 4. The lowest BCUT2D eigenvalue weighted by molar-refractivity contribution is 0.386. The van der Waals surface area contributed by atoms with Gasteiger partial charge in [-0.2, -0.15) is 10.2 Å². The predicted octanol–water partition coefficient (Wildman–Crippen LogP) is 2.96. The van der Waals surface area contributed by atoms with Gasteiger partial charge in [0.15, 0.2) is 0 Å². The van der Waals surface area contributed by atoms with Crippen molar-refractivity contribution in [2.45, 2.75) is 37.6 Å². The Labute approximate surface area is 163 Å².